The van der Waals surface area contributed by atoms with E-state index in [-0.39, 0.29) is 0 Å². The average Bonchev–Trinajstić information content (AvgIpc) is 2.68. The summed E-state index contributed by atoms with van der Waals surface area (Å²) in [6.07, 6.45) is 1.18. The molecule has 0 saturated carbocycles. The maximum atomic E-state index is 5.31. The van der Waals surface area contributed by atoms with E-state index in [2.05, 4.69) is 49.1 Å². The third-order valence-corrected chi connectivity index (χ3v) is 4.27. The molecule has 5 heteroatoms. The molecule has 1 heterocycles. The fraction of sp³-hybridized carbons (Fsp3) is 0.500. The van der Waals surface area contributed by atoms with Crippen LogP contribution in [0.2, 0.25) is 0 Å². The Morgan fingerprint density at radius 3 is 2.71 bits per heavy atom. The number of hydrogen-bond donors (Lipinski definition) is 1. The van der Waals surface area contributed by atoms with Crippen molar-refractivity contribution < 1.29 is 4.74 Å². The molecule has 1 aliphatic heterocycles. The van der Waals surface area contributed by atoms with E-state index < -0.39 is 0 Å². The van der Waals surface area contributed by atoms with Crippen LogP contribution in [0.3, 0.4) is 0 Å². The number of nitrogens with one attached hydrogen (secondary N) is 1. The Hall–Kier alpha value is -0.260. The fourth-order valence-corrected chi connectivity index (χ4v) is 3.34. The highest BCUT2D eigenvalue weighted by atomic mass is 79.9. The molecule has 2 rings (SSSR count). The normalized spacial score (nSPS) is 20.6. The van der Waals surface area contributed by atoms with Gasteiger partial charge in [-0.3, -0.25) is 0 Å². The molecule has 0 radical (unpaired) electrons. The Balaban J connectivity index is 2.15. The van der Waals surface area contributed by atoms with Gasteiger partial charge in [-0.2, -0.15) is 0 Å². The summed E-state index contributed by atoms with van der Waals surface area (Å²) in [6, 6.07) is 4.55. The number of likely N-dealkylation sites (N-methyl/N-ethyl adjacent to an activating group) is 1. The lowest BCUT2D eigenvalue weighted by atomic mass is 10.2. The number of nitrogens with zero attached hydrogens (tertiary/aromatic N) is 1. The molecule has 1 saturated heterocycles. The lowest BCUT2D eigenvalue weighted by Crippen LogP contribution is -2.23. The molecule has 0 bridgehead atoms. The summed E-state index contributed by atoms with van der Waals surface area (Å²) >= 11 is 7.04. The Kier molecular flexibility index (Phi) is 4.33. The van der Waals surface area contributed by atoms with E-state index in [9.17, 15) is 0 Å². The van der Waals surface area contributed by atoms with Crippen LogP contribution in [-0.2, 0) is 0 Å². The second kappa shape index (κ2) is 5.59. The topological polar surface area (TPSA) is 24.5 Å². The molecule has 0 amide bonds. The van der Waals surface area contributed by atoms with E-state index in [0.29, 0.717) is 6.04 Å². The van der Waals surface area contributed by atoms with Crippen molar-refractivity contribution in [1.82, 2.24) is 4.90 Å². The van der Waals surface area contributed by atoms with Gasteiger partial charge < -0.3 is 15.0 Å². The number of likely N-dealkylation sites (tertiary alicyclic amines) is 1. The summed E-state index contributed by atoms with van der Waals surface area (Å²) in [4.78, 5) is 2.33. The first-order chi connectivity index (χ1) is 8.10. The monoisotopic (exact) mass is 362 g/mol. The molecule has 1 N–H and O–H groups in total. The molecule has 94 valence electrons. The van der Waals surface area contributed by atoms with E-state index in [1.54, 1.807) is 7.11 Å². The van der Waals surface area contributed by atoms with Gasteiger partial charge >= 0.3 is 0 Å². The first kappa shape index (κ1) is 13.2. The first-order valence-electron chi connectivity index (χ1n) is 5.58. The molecular weight excluding hydrogens is 348 g/mol. The fourth-order valence-electron chi connectivity index (χ4n) is 2.07. The molecule has 1 fully saturated rings. The number of benzene rings is 1. The van der Waals surface area contributed by atoms with Crippen LogP contribution < -0.4 is 10.1 Å². The lowest BCUT2D eigenvalue weighted by molar-refractivity contribution is 0.411. The third-order valence-electron chi connectivity index (χ3n) is 2.99. The van der Waals surface area contributed by atoms with Crippen LogP contribution in [0, 0.1) is 0 Å². The highest BCUT2D eigenvalue weighted by Gasteiger charge is 2.20. The second-order valence-corrected chi connectivity index (χ2v) is 6.07. The largest absolute Gasteiger partial charge is 0.495 e. The van der Waals surface area contributed by atoms with Gasteiger partial charge in [-0.25, -0.2) is 0 Å². The van der Waals surface area contributed by atoms with E-state index in [4.69, 9.17) is 4.74 Å². The Morgan fingerprint density at radius 2 is 2.12 bits per heavy atom. The van der Waals surface area contributed by atoms with Crippen molar-refractivity contribution in [3.05, 3.63) is 21.1 Å². The highest BCUT2D eigenvalue weighted by molar-refractivity contribution is 9.11. The Labute approximate surface area is 119 Å². The van der Waals surface area contributed by atoms with Crippen molar-refractivity contribution in [3.63, 3.8) is 0 Å². The Morgan fingerprint density at radius 1 is 1.35 bits per heavy atom. The van der Waals surface area contributed by atoms with Gasteiger partial charge in [-0.1, -0.05) is 0 Å². The summed E-state index contributed by atoms with van der Waals surface area (Å²) in [7, 11) is 3.83. The van der Waals surface area contributed by atoms with Crippen LogP contribution in [0.25, 0.3) is 0 Å². The van der Waals surface area contributed by atoms with Crippen molar-refractivity contribution in [2.24, 2.45) is 0 Å². The molecule has 0 spiro atoms. The standard InChI is InChI=1S/C12H16Br2N2O/c1-16-4-3-8(7-16)15-11-6-12(17-2)10(14)5-9(11)13/h5-6,8,15H,3-4,7H2,1-2H3. The van der Waals surface area contributed by atoms with Crippen LogP contribution >= 0.6 is 31.9 Å². The van der Waals surface area contributed by atoms with E-state index in [1.807, 2.05) is 12.1 Å². The minimum absolute atomic E-state index is 0.516. The van der Waals surface area contributed by atoms with Crippen LogP contribution in [0.4, 0.5) is 5.69 Å². The lowest BCUT2D eigenvalue weighted by Gasteiger charge is -2.17. The zero-order valence-corrected chi connectivity index (χ0v) is 13.1. The number of hydrogen-bond acceptors (Lipinski definition) is 3. The van der Waals surface area contributed by atoms with Crippen molar-refractivity contribution in [2.75, 3.05) is 32.6 Å². The van der Waals surface area contributed by atoms with Gasteiger partial charge in [0.15, 0.2) is 0 Å². The summed E-state index contributed by atoms with van der Waals surface area (Å²) in [5, 5.41) is 3.55. The van der Waals surface area contributed by atoms with E-state index in [1.165, 1.54) is 6.42 Å². The van der Waals surface area contributed by atoms with Gasteiger partial charge in [-0.15, -0.1) is 0 Å². The molecular formula is C12H16Br2N2O. The molecule has 1 unspecified atom stereocenters. The summed E-state index contributed by atoms with van der Waals surface area (Å²) in [6.45, 7) is 2.24. The third kappa shape index (κ3) is 3.14. The predicted molar refractivity (Wildman–Crippen MR) is 77.9 cm³/mol. The molecule has 1 aliphatic rings. The van der Waals surface area contributed by atoms with Crippen molar-refractivity contribution in [2.45, 2.75) is 12.5 Å². The number of rotatable bonds is 3. The van der Waals surface area contributed by atoms with Crippen LogP contribution in [0.5, 0.6) is 5.75 Å². The molecule has 0 aromatic heterocycles. The minimum atomic E-state index is 0.516. The maximum Gasteiger partial charge on any atom is 0.135 e. The van der Waals surface area contributed by atoms with Gasteiger partial charge in [-0.05, 0) is 57.9 Å². The van der Waals surface area contributed by atoms with E-state index in [0.717, 1.165) is 33.5 Å². The van der Waals surface area contributed by atoms with E-state index >= 15 is 0 Å². The number of anilines is 1. The molecule has 1 atom stereocenters. The van der Waals surface area contributed by atoms with Crippen molar-refractivity contribution >= 4 is 37.5 Å². The smallest absolute Gasteiger partial charge is 0.135 e. The first-order valence-corrected chi connectivity index (χ1v) is 7.17. The summed E-state index contributed by atoms with van der Waals surface area (Å²) in [5.41, 5.74) is 1.09. The van der Waals surface area contributed by atoms with Gasteiger partial charge in [0, 0.05) is 23.1 Å². The molecule has 1 aromatic carbocycles. The van der Waals surface area contributed by atoms with Gasteiger partial charge in [0.25, 0.3) is 0 Å². The predicted octanol–water partition coefficient (Wildman–Crippen LogP) is 3.34. The number of ether oxygens (including phenoxy) is 1. The minimum Gasteiger partial charge on any atom is -0.495 e. The van der Waals surface area contributed by atoms with Gasteiger partial charge in [0.2, 0.25) is 0 Å². The zero-order chi connectivity index (χ0) is 12.4. The van der Waals surface area contributed by atoms with Crippen LogP contribution in [0.1, 0.15) is 6.42 Å². The molecule has 17 heavy (non-hydrogen) atoms. The maximum absolute atomic E-state index is 5.31. The summed E-state index contributed by atoms with van der Waals surface area (Å²) < 4.78 is 7.32. The molecule has 0 aliphatic carbocycles. The zero-order valence-electron chi connectivity index (χ0n) is 9.96. The van der Waals surface area contributed by atoms with Gasteiger partial charge in [0.05, 0.1) is 17.3 Å². The number of methoxy groups -OCH3 is 1. The van der Waals surface area contributed by atoms with Crippen LogP contribution in [0.15, 0.2) is 21.1 Å². The second-order valence-electron chi connectivity index (χ2n) is 4.36. The van der Waals surface area contributed by atoms with Crippen molar-refractivity contribution in [1.29, 1.82) is 0 Å². The highest BCUT2D eigenvalue weighted by Crippen LogP contribution is 2.35. The summed E-state index contributed by atoms with van der Waals surface area (Å²) in [5.74, 6) is 0.849. The average molecular weight is 364 g/mol. The number of halogens is 2. The quantitative estimate of drug-likeness (QED) is 0.891. The van der Waals surface area contributed by atoms with Crippen LogP contribution in [-0.4, -0.2) is 38.2 Å². The Bertz CT molecular complexity index is 412. The molecule has 1 aromatic rings. The molecule has 3 nitrogen and oxygen atoms in total. The SMILES string of the molecule is COc1cc(NC2CCN(C)C2)c(Br)cc1Br. The van der Waals surface area contributed by atoms with Crippen molar-refractivity contribution in [3.8, 4) is 5.75 Å². The van der Waals surface area contributed by atoms with Gasteiger partial charge in [0.1, 0.15) is 5.75 Å².